The third-order valence-corrected chi connectivity index (χ3v) is 6.15. The number of hydrazine groups is 1. The van der Waals surface area contributed by atoms with Crippen LogP contribution in [0.1, 0.15) is 22.8 Å². The van der Waals surface area contributed by atoms with Gasteiger partial charge in [-0.25, -0.2) is 9.69 Å². The first-order chi connectivity index (χ1) is 17.1. The summed E-state index contributed by atoms with van der Waals surface area (Å²) in [5.74, 6) is -0.873. The minimum atomic E-state index is -4.44. The average Bonchev–Trinajstić information content (AvgIpc) is 3.06. The summed E-state index contributed by atoms with van der Waals surface area (Å²) in [7, 11) is 0. The number of carbonyl (C=O) groups is 3. The number of amides is 4. The van der Waals surface area contributed by atoms with Crippen LogP contribution in [0.25, 0.3) is 0 Å². The van der Waals surface area contributed by atoms with E-state index in [1.165, 1.54) is 41.6 Å². The molecule has 1 aliphatic heterocycles. The minimum Gasteiger partial charge on any atom is -0.308 e. The minimum absolute atomic E-state index is 0.0241. The van der Waals surface area contributed by atoms with E-state index in [4.69, 9.17) is 0 Å². The van der Waals surface area contributed by atoms with Gasteiger partial charge in [0.1, 0.15) is 6.04 Å². The number of imide groups is 1. The van der Waals surface area contributed by atoms with Gasteiger partial charge in [0.2, 0.25) is 0 Å². The Morgan fingerprint density at radius 3 is 2.42 bits per heavy atom. The van der Waals surface area contributed by atoms with Crippen LogP contribution in [0.15, 0.2) is 78.0 Å². The smallest absolute Gasteiger partial charge is 0.308 e. The molecule has 1 aromatic heterocycles. The zero-order valence-electron chi connectivity index (χ0n) is 18.8. The molecule has 0 bridgehead atoms. The first-order valence-electron chi connectivity index (χ1n) is 10.7. The van der Waals surface area contributed by atoms with Gasteiger partial charge in [0, 0.05) is 16.7 Å². The summed E-state index contributed by atoms with van der Waals surface area (Å²) in [4.78, 5) is 44.6. The van der Waals surface area contributed by atoms with Crippen molar-refractivity contribution in [2.24, 2.45) is 0 Å². The molecule has 36 heavy (non-hydrogen) atoms. The molecule has 0 spiro atoms. The fourth-order valence-corrected chi connectivity index (χ4v) is 4.13. The summed E-state index contributed by atoms with van der Waals surface area (Å²) in [5.41, 5.74) is 2.57. The van der Waals surface area contributed by atoms with E-state index in [0.717, 1.165) is 4.90 Å². The molecular formula is C24H20F3N5O3S. The van der Waals surface area contributed by atoms with Crippen molar-refractivity contribution >= 4 is 41.0 Å². The average molecular weight is 516 g/mol. The van der Waals surface area contributed by atoms with Crippen LogP contribution in [-0.2, 0) is 11.3 Å². The summed E-state index contributed by atoms with van der Waals surface area (Å²) >= 11 is -0.278. The van der Waals surface area contributed by atoms with Crippen molar-refractivity contribution in [2.75, 3.05) is 10.3 Å². The van der Waals surface area contributed by atoms with E-state index in [2.05, 4.69) is 15.8 Å². The van der Waals surface area contributed by atoms with E-state index in [9.17, 15) is 27.6 Å². The summed E-state index contributed by atoms with van der Waals surface area (Å²) in [5, 5.41) is 0. The van der Waals surface area contributed by atoms with E-state index in [0.29, 0.717) is 16.8 Å². The molecule has 8 nitrogen and oxygen atoms in total. The molecule has 2 heterocycles. The van der Waals surface area contributed by atoms with Gasteiger partial charge < -0.3 is 4.90 Å². The number of nitrogens with one attached hydrogen (secondary N) is 2. The Labute approximate surface area is 208 Å². The molecule has 12 heteroatoms. The molecule has 1 fully saturated rings. The van der Waals surface area contributed by atoms with E-state index in [1.54, 1.807) is 43.3 Å². The maximum Gasteiger partial charge on any atom is 0.446 e. The number of thioether (sulfide) groups is 1. The number of pyridine rings is 1. The van der Waals surface area contributed by atoms with Gasteiger partial charge >= 0.3 is 11.5 Å². The third kappa shape index (κ3) is 5.60. The fraction of sp³-hybridized carbons (Fsp3) is 0.167. The Morgan fingerprint density at radius 2 is 1.75 bits per heavy atom. The molecule has 2 N–H and O–H groups in total. The molecule has 186 valence electrons. The normalized spacial score (nSPS) is 15.8. The lowest BCUT2D eigenvalue weighted by Crippen LogP contribution is -2.34. The van der Waals surface area contributed by atoms with Crippen molar-refractivity contribution in [2.45, 2.75) is 29.9 Å². The predicted molar refractivity (Wildman–Crippen MR) is 128 cm³/mol. The first-order valence-corrected chi connectivity index (χ1v) is 11.5. The quantitative estimate of drug-likeness (QED) is 0.267. The van der Waals surface area contributed by atoms with Crippen LogP contribution in [0.3, 0.4) is 0 Å². The second-order valence-electron chi connectivity index (χ2n) is 7.78. The Hall–Kier alpha value is -4.06. The van der Waals surface area contributed by atoms with Gasteiger partial charge in [-0.3, -0.25) is 25.4 Å². The van der Waals surface area contributed by atoms with Crippen LogP contribution < -0.4 is 15.8 Å². The van der Waals surface area contributed by atoms with Gasteiger partial charge in [0.05, 0.1) is 24.1 Å². The van der Waals surface area contributed by atoms with Crippen LogP contribution in [0, 0.1) is 0 Å². The standard InChI is InChI=1S/C24H20F3N5O3S/c1-15-22(34)32(18-7-9-19(10-8-18)36-24(25,26)27)23(35)31(15)14-17-11-12-28-13-20(17)29-30-21(33)16-5-3-2-4-6-16/h2-13,15,29H,14H2,1H3,(H,30,33). The van der Waals surface area contributed by atoms with Crippen molar-refractivity contribution in [3.63, 3.8) is 0 Å². The van der Waals surface area contributed by atoms with Crippen LogP contribution >= 0.6 is 11.8 Å². The molecule has 4 amide bonds. The van der Waals surface area contributed by atoms with E-state index >= 15 is 0 Å². The predicted octanol–water partition coefficient (Wildman–Crippen LogP) is 4.81. The Kier molecular flexibility index (Phi) is 7.15. The number of rotatable bonds is 7. The summed E-state index contributed by atoms with van der Waals surface area (Å²) in [6.45, 7) is 1.59. The molecule has 0 saturated carbocycles. The molecule has 1 saturated heterocycles. The number of nitrogens with zero attached hydrogens (tertiary/aromatic N) is 3. The highest BCUT2D eigenvalue weighted by Gasteiger charge is 2.43. The van der Waals surface area contributed by atoms with E-state index in [-0.39, 0.29) is 34.8 Å². The highest BCUT2D eigenvalue weighted by Crippen LogP contribution is 2.38. The molecule has 0 radical (unpaired) electrons. The number of hydrogen-bond donors (Lipinski definition) is 2. The lowest BCUT2D eigenvalue weighted by molar-refractivity contribution is -0.119. The summed E-state index contributed by atoms with van der Waals surface area (Å²) in [6.07, 6.45) is 2.99. The van der Waals surface area contributed by atoms with Crippen molar-refractivity contribution in [1.29, 1.82) is 0 Å². The number of carbonyl (C=O) groups excluding carboxylic acids is 3. The van der Waals surface area contributed by atoms with E-state index in [1.807, 2.05) is 0 Å². The SMILES string of the molecule is CC1C(=O)N(c2ccc(SC(F)(F)F)cc2)C(=O)N1Cc1ccncc1NNC(=O)c1ccccc1. The Bertz CT molecular complexity index is 1270. The molecule has 1 aliphatic rings. The number of anilines is 2. The second-order valence-corrected chi connectivity index (χ2v) is 8.92. The number of urea groups is 1. The number of benzene rings is 2. The van der Waals surface area contributed by atoms with Crippen molar-refractivity contribution in [1.82, 2.24) is 15.3 Å². The van der Waals surface area contributed by atoms with Gasteiger partial charge in [0.25, 0.3) is 11.8 Å². The molecule has 3 aromatic rings. The largest absolute Gasteiger partial charge is 0.446 e. The maximum atomic E-state index is 13.1. The fourth-order valence-electron chi connectivity index (χ4n) is 3.59. The Morgan fingerprint density at radius 1 is 1.06 bits per heavy atom. The van der Waals surface area contributed by atoms with Gasteiger partial charge in [-0.15, -0.1) is 0 Å². The lowest BCUT2D eigenvalue weighted by Gasteiger charge is -2.21. The van der Waals surface area contributed by atoms with Crippen LogP contribution in [0.5, 0.6) is 0 Å². The maximum absolute atomic E-state index is 13.1. The molecule has 2 aromatic carbocycles. The Balaban J connectivity index is 1.48. The van der Waals surface area contributed by atoms with Gasteiger partial charge in [-0.1, -0.05) is 18.2 Å². The number of alkyl halides is 3. The van der Waals surface area contributed by atoms with Crippen molar-refractivity contribution in [3.8, 4) is 0 Å². The van der Waals surface area contributed by atoms with Gasteiger partial charge in [-0.05, 0) is 66.7 Å². The van der Waals surface area contributed by atoms with Crippen LogP contribution in [0.4, 0.5) is 29.3 Å². The second kappa shape index (κ2) is 10.3. The first kappa shape index (κ1) is 25.0. The zero-order chi connectivity index (χ0) is 25.9. The molecule has 1 atom stereocenters. The van der Waals surface area contributed by atoms with Crippen molar-refractivity contribution < 1.29 is 27.6 Å². The molecule has 0 aliphatic carbocycles. The lowest BCUT2D eigenvalue weighted by atomic mass is 10.2. The zero-order valence-corrected chi connectivity index (χ0v) is 19.6. The van der Waals surface area contributed by atoms with Crippen LogP contribution in [0.2, 0.25) is 0 Å². The third-order valence-electron chi connectivity index (χ3n) is 5.41. The molecule has 1 unspecified atom stereocenters. The summed E-state index contributed by atoms with van der Waals surface area (Å²) in [6, 6.07) is 13.8. The number of hydrogen-bond acceptors (Lipinski definition) is 6. The van der Waals surface area contributed by atoms with Crippen molar-refractivity contribution in [3.05, 3.63) is 84.2 Å². The van der Waals surface area contributed by atoms with Crippen LogP contribution in [-0.4, -0.2) is 39.3 Å². The highest BCUT2D eigenvalue weighted by molar-refractivity contribution is 8.00. The van der Waals surface area contributed by atoms with Gasteiger partial charge in [-0.2, -0.15) is 13.2 Å². The van der Waals surface area contributed by atoms with Gasteiger partial charge in [0.15, 0.2) is 0 Å². The molecular weight excluding hydrogens is 495 g/mol. The topological polar surface area (TPSA) is 94.6 Å². The summed E-state index contributed by atoms with van der Waals surface area (Å²) < 4.78 is 37.8. The molecule has 4 rings (SSSR count). The number of halogens is 3. The highest BCUT2D eigenvalue weighted by atomic mass is 32.2. The van der Waals surface area contributed by atoms with E-state index < -0.39 is 23.5 Å². The monoisotopic (exact) mass is 515 g/mol. The number of aromatic nitrogens is 1.